The van der Waals surface area contributed by atoms with Crippen LogP contribution in [0.5, 0.6) is 0 Å². The van der Waals surface area contributed by atoms with Crippen molar-refractivity contribution in [2.45, 2.75) is 44.0 Å². The van der Waals surface area contributed by atoms with Crippen LogP contribution in [0.2, 0.25) is 0 Å². The van der Waals surface area contributed by atoms with E-state index in [1.165, 1.54) is 6.07 Å². The maximum absolute atomic E-state index is 13.3. The molecule has 0 heterocycles. The van der Waals surface area contributed by atoms with Crippen molar-refractivity contribution >= 4 is 10.0 Å². The van der Waals surface area contributed by atoms with E-state index in [2.05, 4.69) is 16.6 Å². The normalized spacial score (nSPS) is 11.9. The lowest BCUT2D eigenvalue weighted by atomic mass is 10.0. The first-order chi connectivity index (χ1) is 9.72. The molecule has 0 radical (unpaired) electrons. The topological polar surface area (TPSA) is 66.4 Å². The van der Waals surface area contributed by atoms with Gasteiger partial charge in [-0.1, -0.05) is 18.8 Å². The molecule has 4 nitrogen and oxygen atoms in total. The second kappa shape index (κ2) is 7.03. The first kappa shape index (κ1) is 17.6. The Kier molecular flexibility index (Phi) is 5.90. The molecule has 0 aliphatic rings. The van der Waals surface area contributed by atoms with Crippen molar-refractivity contribution in [3.05, 3.63) is 29.6 Å². The molecule has 0 aromatic heterocycles. The fraction of sp³-hybridized carbons (Fsp3) is 0.467. The number of aliphatic hydroxyl groups excluding tert-OH is 1. The smallest absolute Gasteiger partial charge is 0.242 e. The molecule has 0 unspecified atom stereocenters. The number of hydrogen-bond donors (Lipinski definition) is 2. The van der Waals surface area contributed by atoms with Crippen molar-refractivity contribution in [2.75, 3.05) is 6.61 Å². The average Bonchev–Trinajstić information content (AvgIpc) is 2.37. The Bertz CT molecular complexity index is 657. The molecule has 0 atom stereocenters. The maximum Gasteiger partial charge on any atom is 0.242 e. The summed E-state index contributed by atoms with van der Waals surface area (Å²) in [7, 11) is -3.80. The molecule has 0 spiro atoms. The largest absolute Gasteiger partial charge is 0.395 e. The van der Waals surface area contributed by atoms with Gasteiger partial charge in [-0.15, -0.1) is 0 Å². The monoisotopic (exact) mass is 313 g/mol. The van der Waals surface area contributed by atoms with Gasteiger partial charge in [0.05, 0.1) is 11.5 Å². The van der Waals surface area contributed by atoms with Gasteiger partial charge in [0.2, 0.25) is 10.0 Å². The molecule has 0 amide bonds. The summed E-state index contributed by atoms with van der Waals surface area (Å²) in [6.45, 7) is 5.27. The minimum absolute atomic E-state index is 0.0594. The van der Waals surface area contributed by atoms with Crippen LogP contribution in [-0.2, 0) is 10.0 Å². The first-order valence-electron chi connectivity index (χ1n) is 6.65. The molecule has 6 heteroatoms. The fourth-order valence-electron chi connectivity index (χ4n) is 1.54. The van der Waals surface area contributed by atoms with E-state index < -0.39 is 21.4 Å². The van der Waals surface area contributed by atoms with Crippen molar-refractivity contribution in [3.8, 4) is 11.8 Å². The highest BCUT2D eigenvalue weighted by atomic mass is 32.2. The highest BCUT2D eigenvalue weighted by Crippen LogP contribution is 2.19. The van der Waals surface area contributed by atoms with Crippen LogP contribution in [0.3, 0.4) is 0 Å². The summed E-state index contributed by atoms with van der Waals surface area (Å²) in [6.07, 6.45) is 0.808. The molecular formula is C15H20FNO3S. The lowest BCUT2D eigenvalue weighted by Gasteiger charge is -2.24. The number of nitrogens with one attached hydrogen (secondary N) is 1. The summed E-state index contributed by atoms with van der Waals surface area (Å²) in [5, 5.41) is 8.71. The number of aliphatic hydroxyl groups is 1. The number of halogens is 1. The summed E-state index contributed by atoms with van der Waals surface area (Å²) in [6, 6.07) is 3.37. The zero-order chi connectivity index (χ0) is 16.1. The minimum atomic E-state index is -3.80. The predicted octanol–water partition coefficient (Wildman–Crippen LogP) is 2.03. The number of benzene rings is 1. The van der Waals surface area contributed by atoms with E-state index in [1.54, 1.807) is 13.8 Å². The number of sulfonamides is 1. The van der Waals surface area contributed by atoms with Gasteiger partial charge in [0.1, 0.15) is 5.82 Å². The Morgan fingerprint density at radius 2 is 2.05 bits per heavy atom. The Hall–Kier alpha value is -1.42. The Morgan fingerprint density at radius 1 is 1.38 bits per heavy atom. The lowest BCUT2D eigenvalue weighted by molar-refractivity contribution is 0.305. The third kappa shape index (κ3) is 5.12. The van der Waals surface area contributed by atoms with E-state index >= 15 is 0 Å². The number of hydrogen-bond acceptors (Lipinski definition) is 3. The van der Waals surface area contributed by atoms with E-state index in [0.29, 0.717) is 6.42 Å². The van der Waals surface area contributed by atoms with Crippen molar-refractivity contribution in [1.82, 2.24) is 4.72 Å². The van der Waals surface area contributed by atoms with Gasteiger partial charge in [0.25, 0.3) is 0 Å². The molecule has 1 rings (SSSR count). The van der Waals surface area contributed by atoms with Gasteiger partial charge < -0.3 is 5.11 Å². The summed E-state index contributed by atoms with van der Waals surface area (Å²) in [4.78, 5) is -0.0594. The molecule has 0 fully saturated rings. The van der Waals surface area contributed by atoms with Gasteiger partial charge in [0.15, 0.2) is 0 Å². The van der Waals surface area contributed by atoms with Gasteiger partial charge in [-0.05, 0) is 38.5 Å². The molecule has 1 aromatic rings. The summed E-state index contributed by atoms with van der Waals surface area (Å²) >= 11 is 0. The van der Waals surface area contributed by atoms with Gasteiger partial charge in [0, 0.05) is 17.5 Å². The second-order valence-corrected chi connectivity index (χ2v) is 6.91. The van der Waals surface area contributed by atoms with E-state index in [1.807, 2.05) is 6.92 Å². The summed E-state index contributed by atoms with van der Waals surface area (Å²) in [5.41, 5.74) is -0.522. The van der Waals surface area contributed by atoms with Crippen molar-refractivity contribution < 1.29 is 17.9 Å². The Labute approximate surface area is 125 Å². The van der Waals surface area contributed by atoms with Crippen LogP contribution in [0, 0.1) is 17.7 Å². The van der Waals surface area contributed by atoms with E-state index in [0.717, 1.165) is 12.1 Å². The van der Waals surface area contributed by atoms with Gasteiger partial charge in [-0.3, -0.25) is 0 Å². The lowest BCUT2D eigenvalue weighted by Crippen LogP contribution is -2.42. The maximum atomic E-state index is 13.3. The van der Waals surface area contributed by atoms with Crippen molar-refractivity contribution in [1.29, 1.82) is 0 Å². The molecule has 1 aromatic carbocycles. The van der Waals surface area contributed by atoms with Crippen LogP contribution < -0.4 is 4.72 Å². The summed E-state index contributed by atoms with van der Waals surface area (Å²) in [5.74, 6) is 4.65. The van der Waals surface area contributed by atoms with Gasteiger partial charge in [-0.25, -0.2) is 17.5 Å². The molecule has 0 saturated heterocycles. The molecule has 116 valence electrons. The van der Waals surface area contributed by atoms with Crippen LogP contribution in [0.25, 0.3) is 0 Å². The second-order valence-electron chi connectivity index (χ2n) is 5.26. The van der Waals surface area contributed by atoms with Gasteiger partial charge >= 0.3 is 0 Å². The van der Waals surface area contributed by atoms with Gasteiger partial charge in [-0.2, -0.15) is 0 Å². The zero-order valence-corrected chi connectivity index (χ0v) is 13.2. The third-order valence-electron chi connectivity index (χ3n) is 2.99. The minimum Gasteiger partial charge on any atom is -0.395 e. The molecule has 21 heavy (non-hydrogen) atoms. The van der Waals surface area contributed by atoms with Crippen LogP contribution in [0.15, 0.2) is 23.1 Å². The molecule has 0 aliphatic heterocycles. The standard InChI is InChI=1S/C15H20FNO3S/c1-4-15(2,3)17-21(19,20)14-9-8-13(16)11-12(14)7-5-6-10-18/h8-9,11,17-18H,4,6,10H2,1-3H3. The third-order valence-corrected chi connectivity index (χ3v) is 4.74. The van der Waals surface area contributed by atoms with E-state index in [4.69, 9.17) is 5.11 Å². The molecular weight excluding hydrogens is 293 g/mol. The van der Waals surface area contributed by atoms with Crippen LogP contribution >= 0.6 is 0 Å². The fourth-order valence-corrected chi connectivity index (χ4v) is 3.17. The Balaban J connectivity index is 3.27. The highest BCUT2D eigenvalue weighted by Gasteiger charge is 2.26. The quantitative estimate of drug-likeness (QED) is 0.817. The van der Waals surface area contributed by atoms with E-state index in [9.17, 15) is 12.8 Å². The van der Waals surface area contributed by atoms with Crippen molar-refractivity contribution in [3.63, 3.8) is 0 Å². The zero-order valence-electron chi connectivity index (χ0n) is 12.4. The first-order valence-corrected chi connectivity index (χ1v) is 8.13. The van der Waals surface area contributed by atoms with Crippen molar-refractivity contribution in [2.24, 2.45) is 0 Å². The van der Waals surface area contributed by atoms with Crippen LogP contribution in [-0.4, -0.2) is 25.7 Å². The number of rotatable bonds is 5. The predicted molar refractivity (Wildman–Crippen MR) is 79.7 cm³/mol. The van der Waals surface area contributed by atoms with Crippen LogP contribution in [0.4, 0.5) is 4.39 Å². The molecule has 0 aliphatic carbocycles. The highest BCUT2D eigenvalue weighted by molar-refractivity contribution is 7.89. The van der Waals surface area contributed by atoms with E-state index in [-0.39, 0.29) is 23.5 Å². The average molecular weight is 313 g/mol. The molecule has 0 bridgehead atoms. The Morgan fingerprint density at radius 3 is 2.62 bits per heavy atom. The molecule has 2 N–H and O–H groups in total. The van der Waals surface area contributed by atoms with Crippen LogP contribution in [0.1, 0.15) is 39.2 Å². The SMILES string of the molecule is CCC(C)(C)NS(=O)(=O)c1ccc(F)cc1C#CCCO. The summed E-state index contributed by atoms with van der Waals surface area (Å²) < 4.78 is 40.7. The molecule has 0 saturated carbocycles.